The van der Waals surface area contributed by atoms with Crippen molar-refractivity contribution < 1.29 is 4.79 Å². The maximum atomic E-state index is 12.4. The molecule has 0 atom stereocenters. The normalized spacial score (nSPS) is 13.7. The summed E-state index contributed by atoms with van der Waals surface area (Å²) in [5.74, 6) is -0.165. The predicted molar refractivity (Wildman–Crippen MR) is 85.9 cm³/mol. The van der Waals surface area contributed by atoms with E-state index in [1.54, 1.807) is 0 Å². The van der Waals surface area contributed by atoms with Gasteiger partial charge in [-0.05, 0) is 42.9 Å². The van der Waals surface area contributed by atoms with Gasteiger partial charge in [0.2, 0.25) is 0 Å². The SMILES string of the molecule is O=C(Cn1ncc(Cl)c(Cl)c1=O)c1ccc2c(c1)CCCC2. The first kappa shape index (κ1) is 15.3. The van der Waals surface area contributed by atoms with Crippen LogP contribution in [-0.4, -0.2) is 15.6 Å². The average Bonchev–Trinajstić information content (AvgIpc) is 2.55. The summed E-state index contributed by atoms with van der Waals surface area (Å²) in [7, 11) is 0. The minimum Gasteiger partial charge on any atom is -0.292 e. The van der Waals surface area contributed by atoms with Gasteiger partial charge in [-0.2, -0.15) is 5.10 Å². The second-order valence-corrected chi connectivity index (χ2v) is 6.17. The topological polar surface area (TPSA) is 52.0 Å². The van der Waals surface area contributed by atoms with Gasteiger partial charge in [0.15, 0.2) is 5.78 Å². The highest BCUT2D eigenvalue weighted by Gasteiger charge is 2.15. The molecule has 0 amide bonds. The molecule has 0 aliphatic heterocycles. The molecule has 1 heterocycles. The fourth-order valence-corrected chi connectivity index (χ4v) is 2.96. The summed E-state index contributed by atoms with van der Waals surface area (Å²) in [4.78, 5) is 24.3. The summed E-state index contributed by atoms with van der Waals surface area (Å²) in [6.45, 7) is -0.144. The van der Waals surface area contributed by atoms with Crippen molar-refractivity contribution in [3.63, 3.8) is 0 Å². The summed E-state index contributed by atoms with van der Waals surface area (Å²) in [6, 6.07) is 5.75. The van der Waals surface area contributed by atoms with Crippen molar-refractivity contribution in [3.8, 4) is 0 Å². The largest absolute Gasteiger partial charge is 0.292 e. The van der Waals surface area contributed by atoms with Gasteiger partial charge in [-0.15, -0.1) is 0 Å². The predicted octanol–water partition coefficient (Wildman–Crippen LogP) is 3.31. The highest BCUT2D eigenvalue weighted by Crippen LogP contribution is 2.22. The fraction of sp³-hybridized carbons (Fsp3) is 0.312. The number of rotatable bonds is 3. The van der Waals surface area contributed by atoms with Crippen LogP contribution in [-0.2, 0) is 19.4 Å². The Morgan fingerprint density at radius 3 is 2.68 bits per heavy atom. The Morgan fingerprint density at radius 2 is 1.91 bits per heavy atom. The molecule has 0 bridgehead atoms. The minimum atomic E-state index is -0.555. The van der Waals surface area contributed by atoms with Gasteiger partial charge in [0.05, 0.1) is 11.2 Å². The monoisotopic (exact) mass is 336 g/mol. The van der Waals surface area contributed by atoms with Crippen LogP contribution in [0.3, 0.4) is 0 Å². The number of carbonyl (C=O) groups is 1. The van der Waals surface area contributed by atoms with E-state index in [4.69, 9.17) is 23.2 Å². The zero-order valence-electron chi connectivity index (χ0n) is 11.8. The number of aromatic nitrogens is 2. The fourth-order valence-electron chi connectivity index (χ4n) is 2.69. The van der Waals surface area contributed by atoms with E-state index in [2.05, 4.69) is 5.10 Å². The second-order valence-electron chi connectivity index (χ2n) is 5.38. The first-order valence-corrected chi connectivity index (χ1v) is 7.88. The van der Waals surface area contributed by atoms with Crippen molar-refractivity contribution in [2.45, 2.75) is 32.2 Å². The number of halogens is 2. The van der Waals surface area contributed by atoms with Crippen molar-refractivity contribution >= 4 is 29.0 Å². The van der Waals surface area contributed by atoms with E-state index in [0.717, 1.165) is 23.9 Å². The van der Waals surface area contributed by atoms with Crippen LogP contribution in [0.15, 0.2) is 29.2 Å². The summed E-state index contributed by atoms with van der Waals surface area (Å²) in [5, 5.41) is 3.83. The van der Waals surface area contributed by atoms with E-state index < -0.39 is 5.56 Å². The third-order valence-corrected chi connectivity index (χ3v) is 4.65. The molecule has 1 aromatic heterocycles. The number of carbonyl (C=O) groups excluding carboxylic acids is 1. The molecule has 22 heavy (non-hydrogen) atoms. The number of fused-ring (bicyclic) bond motifs is 1. The van der Waals surface area contributed by atoms with E-state index in [1.807, 2.05) is 18.2 Å². The molecule has 0 unspecified atom stereocenters. The molecule has 0 saturated carbocycles. The molecule has 0 fully saturated rings. The standard InChI is InChI=1S/C16H14Cl2N2O2/c17-13-8-19-20(16(22)15(13)18)9-14(21)12-6-5-10-3-1-2-4-11(10)7-12/h5-8H,1-4,9H2. The lowest BCUT2D eigenvalue weighted by atomic mass is 9.90. The lowest BCUT2D eigenvalue weighted by molar-refractivity contribution is 0.0965. The Kier molecular flexibility index (Phi) is 4.32. The Labute approximate surface area is 137 Å². The van der Waals surface area contributed by atoms with Crippen molar-refractivity contribution in [2.75, 3.05) is 0 Å². The van der Waals surface area contributed by atoms with Crippen LogP contribution < -0.4 is 5.56 Å². The number of hydrogen-bond donors (Lipinski definition) is 0. The lowest BCUT2D eigenvalue weighted by Crippen LogP contribution is -2.27. The molecule has 0 spiro atoms. The zero-order valence-corrected chi connectivity index (χ0v) is 13.3. The number of aryl methyl sites for hydroxylation is 2. The molecule has 3 rings (SSSR count). The van der Waals surface area contributed by atoms with Crippen LogP contribution in [0.2, 0.25) is 10.0 Å². The molecule has 2 aromatic rings. The molecule has 0 saturated heterocycles. The van der Waals surface area contributed by atoms with Crippen molar-refractivity contribution in [1.29, 1.82) is 0 Å². The number of benzene rings is 1. The van der Waals surface area contributed by atoms with Crippen LogP contribution in [0.4, 0.5) is 0 Å². The molecule has 114 valence electrons. The quantitative estimate of drug-likeness (QED) is 0.808. The first-order chi connectivity index (χ1) is 10.6. The van der Waals surface area contributed by atoms with E-state index in [9.17, 15) is 9.59 Å². The molecule has 1 aliphatic rings. The number of nitrogens with zero attached hydrogens (tertiary/aromatic N) is 2. The molecule has 1 aliphatic carbocycles. The molecule has 6 heteroatoms. The van der Waals surface area contributed by atoms with Crippen molar-refractivity contribution in [2.24, 2.45) is 0 Å². The Bertz CT molecular complexity index is 799. The lowest BCUT2D eigenvalue weighted by Gasteiger charge is -2.16. The molecule has 1 aromatic carbocycles. The molecule has 0 radical (unpaired) electrons. The van der Waals surface area contributed by atoms with Gasteiger partial charge in [-0.1, -0.05) is 35.3 Å². The number of ketones is 1. The maximum absolute atomic E-state index is 12.4. The molecule has 0 N–H and O–H groups in total. The van der Waals surface area contributed by atoms with Gasteiger partial charge in [0.1, 0.15) is 11.6 Å². The molecular formula is C16H14Cl2N2O2. The van der Waals surface area contributed by atoms with Crippen LogP contribution >= 0.6 is 23.2 Å². The average molecular weight is 337 g/mol. The Hall–Kier alpha value is -1.65. The Balaban J connectivity index is 1.86. The van der Waals surface area contributed by atoms with Crippen LogP contribution in [0.25, 0.3) is 0 Å². The summed E-state index contributed by atoms with van der Waals surface area (Å²) < 4.78 is 1.04. The minimum absolute atomic E-state index is 0.0872. The molecule has 4 nitrogen and oxygen atoms in total. The first-order valence-electron chi connectivity index (χ1n) is 7.12. The van der Waals surface area contributed by atoms with Gasteiger partial charge in [-0.3, -0.25) is 9.59 Å². The molecular weight excluding hydrogens is 323 g/mol. The van der Waals surface area contributed by atoms with Gasteiger partial charge < -0.3 is 0 Å². The van der Waals surface area contributed by atoms with Gasteiger partial charge >= 0.3 is 0 Å². The van der Waals surface area contributed by atoms with Gasteiger partial charge in [0, 0.05) is 5.56 Å². The highest BCUT2D eigenvalue weighted by molar-refractivity contribution is 6.41. The zero-order chi connectivity index (χ0) is 15.7. The van der Waals surface area contributed by atoms with Crippen LogP contribution in [0.1, 0.15) is 34.3 Å². The second kappa shape index (κ2) is 6.23. The highest BCUT2D eigenvalue weighted by atomic mass is 35.5. The van der Waals surface area contributed by atoms with Gasteiger partial charge in [0.25, 0.3) is 5.56 Å². The summed E-state index contributed by atoms with van der Waals surface area (Å²) in [6.07, 6.45) is 5.69. The van der Waals surface area contributed by atoms with E-state index in [1.165, 1.54) is 23.7 Å². The van der Waals surface area contributed by atoms with Crippen molar-refractivity contribution in [1.82, 2.24) is 9.78 Å². The smallest absolute Gasteiger partial charge is 0.287 e. The van der Waals surface area contributed by atoms with E-state index in [-0.39, 0.29) is 22.4 Å². The number of hydrogen-bond acceptors (Lipinski definition) is 3. The number of Topliss-reactive ketones (excluding diaryl/α,β-unsaturated/α-hetero) is 1. The summed E-state index contributed by atoms with van der Waals surface area (Å²) >= 11 is 11.5. The van der Waals surface area contributed by atoms with Crippen LogP contribution in [0, 0.1) is 0 Å². The van der Waals surface area contributed by atoms with E-state index in [0.29, 0.717) is 5.56 Å². The van der Waals surface area contributed by atoms with Gasteiger partial charge in [-0.25, -0.2) is 4.68 Å². The third-order valence-electron chi connectivity index (χ3n) is 3.91. The summed E-state index contributed by atoms with van der Waals surface area (Å²) in [5.41, 5.74) is 2.58. The van der Waals surface area contributed by atoms with E-state index >= 15 is 0 Å². The maximum Gasteiger partial charge on any atom is 0.287 e. The van der Waals surface area contributed by atoms with Crippen LogP contribution in [0.5, 0.6) is 0 Å². The van der Waals surface area contributed by atoms with Crippen molar-refractivity contribution in [3.05, 3.63) is 61.5 Å². The third kappa shape index (κ3) is 2.94. The Morgan fingerprint density at radius 1 is 1.18 bits per heavy atom.